The zero-order valence-electron chi connectivity index (χ0n) is 56.9. The second-order valence-corrected chi connectivity index (χ2v) is 25.6. The number of fused-ring (bicyclic) bond motifs is 3. The van der Waals surface area contributed by atoms with Crippen LogP contribution < -0.4 is 30.7 Å². The Kier molecular flexibility index (Phi) is 20.6. The van der Waals surface area contributed by atoms with Crippen LogP contribution in [0.3, 0.4) is 0 Å². The van der Waals surface area contributed by atoms with E-state index in [4.69, 9.17) is 13.3 Å². The van der Waals surface area contributed by atoms with E-state index in [1.807, 2.05) is 0 Å². The number of piperidine rings is 3. The molecule has 3 saturated heterocycles. The van der Waals surface area contributed by atoms with E-state index in [0.717, 1.165) is 0 Å². The van der Waals surface area contributed by atoms with Crippen molar-refractivity contribution in [3.05, 3.63) is 161 Å². The van der Waals surface area contributed by atoms with Crippen LogP contribution in [-0.2, 0) is 37.1 Å². The molecule has 0 spiro atoms. The van der Waals surface area contributed by atoms with Crippen molar-refractivity contribution in [1.29, 1.82) is 0 Å². The fourth-order valence-electron chi connectivity index (χ4n) is 12.4. The fourth-order valence-corrected chi connectivity index (χ4v) is 12.4. The summed E-state index contributed by atoms with van der Waals surface area (Å²) in [5.41, 5.74) is -9.65. The number of anilines is 6. The Balaban J connectivity index is 0.000000146. The third-order valence-corrected chi connectivity index (χ3v) is 17.7. The average molecular weight is 1590 g/mol. The third kappa shape index (κ3) is 17.5. The maximum Gasteiger partial charge on any atom is 0.416 e. The minimum absolute atomic E-state index is 0.00182. The van der Waals surface area contributed by atoms with E-state index in [9.17, 15) is 92.2 Å². The normalized spacial score (nSPS) is 19.0. The first kappa shape index (κ1) is 77.4. The van der Waals surface area contributed by atoms with Gasteiger partial charge in [-0.2, -0.15) is 94.0 Å². The number of nitrogens with zero attached hydrogens (tertiary/aromatic N) is 18. The Morgan fingerprint density at radius 3 is 0.775 bits per heavy atom. The summed E-state index contributed by atoms with van der Waals surface area (Å²) >= 11 is 0. The number of pyridine rings is 3. The molecule has 3 fully saturated rings. The number of aryl methyl sites for hydroxylation is 3. The molecule has 12 heterocycles. The van der Waals surface area contributed by atoms with Gasteiger partial charge in [0.05, 0.1) is 71.1 Å². The number of nitrogens with one attached hydrogen (secondary N) is 3. The second-order valence-electron chi connectivity index (χ2n) is 25.6. The number of hydrogen-bond acceptors (Lipinski definition) is 21. The van der Waals surface area contributed by atoms with Gasteiger partial charge >= 0.3 is 55.1 Å². The highest BCUT2D eigenvalue weighted by Crippen LogP contribution is 2.44. The Morgan fingerprint density at radius 1 is 0.342 bits per heavy atom. The third-order valence-electron chi connectivity index (χ3n) is 17.7. The lowest BCUT2D eigenvalue weighted by Crippen LogP contribution is -2.48. The van der Waals surface area contributed by atoms with Crippen LogP contribution >= 0.6 is 0 Å². The van der Waals surface area contributed by atoms with E-state index < -0.39 is 107 Å². The van der Waals surface area contributed by atoms with E-state index in [2.05, 4.69) is 76.8 Å². The van der Waals surface area contributed by atoms with Gasteiger partial charge in [0.2, 0.25) is 35.5 Å². The van der Waals surface area contributed by atoms with Crippen molar-refractivity contribution in [1.82, 2.24) is 74.4 Å². The predicted octanol–water partition coefficient (Wildman–Crippen LogP) is 15.5. The molecule has 9 aromatic heterocycles. The van der Waals surface area contributed by atoms with Gasteiger partial charge < -0.3 is 43.9 Å². The van der Waals surface area contributed by atoms with Gasteiger partial charge in [-0.3, -0.25) is 0 Å². The summed E-state index contributed by atoms with van der Waals surface area (Å²) in [6, 6.07) is 10.7. The second kappa shape index (κ2) is 29.6. The van der Waals surface area contributed by atoms with Gasteiger partial charge in [-0.1, -0.05) is 15.3 Å². The van der Waals surface area contributed by atoms with Crippen LogP contribution in [0.4, 0.5) is 128 Å². The molecular formula is C66H54F21N21O3. The molecule has 0 radical (unpaired) electrons. The van der Waals surface area contributed by atoms with Crippen molar-refractivity contribution in [2.75, 3.05) is 69.9 Å². The van der Waals surface area contributed by atoms with E-state index in [1.165, 1.54) is 68.5 Å². The molecule has 0 bridgehead atoms. The van der Waals surface area contributed by atoms with Crippen LogP contribution in [0.2, 0.25) is 0 Å². The van der Waals surface area contributed by atoms with Crippen LogP contribution in [0.15, 0.2) is 123 Å². The smallest absolute Gasteiger partial charge is 0.408 e. The summed E-state index contributed by atoms with van der Waals surface area (Å²) in [6.45, 7) is 5.90. The number of halogens is 21. The van der Waals surface area contributed by atoms with Crippen molar-refractivity contribution in [3.63, 3.8) is 0 Å². The van der Waals surface area contributed by atoms with Gasteiger partial charge in [-0.25, -0.2) is 26.7 Å². The number of hydrogen-bond donors (Lipinski definition) is 3. The van der Waals surface area contributed by atoms with Crippen molar-refractivity contribution in [2.45, 2.75) is 114 Å². The lowest BCUT2D eigenvalue weighted by molar-refractivity contribution is -0.144. The minimum atomic E-state index is -4.99. The quantitative estimate of drug-likeness (QED) is 0.0961. The van der Waals surface area contributed by atoms with Crippen molar-refractivity contribution in [3.8, 4) is 33.4 Å². The van der Waals surface area contributed by atoms with Gasteiger partial charge in [0.1, 0.15) is 18.5 Å². The first-order chi connectivity index (χ1) is 52.1. The van der Waals surface area contributed by atoms with E-state index in [-0.39, 0.29) is 124 Å². The first-order valence-corrected chi connectivity index (χ1v) is 33.0. The highest BCUT2D eigenvalue weighted by molar-refractivity contribution is 5.81. The monoisotopic (exact) mass is 1590 g/mol. The highest BCUT2D eigenvalue weighted by Gasteiger charge is 2.42. The maximum atomic E-state index is 14.9. The van der Waals surface area contributed by atoms with Crippen LogP contribution in [0, 0.1) is 20.8 Å². The Hall–Kier alpha value is -11.7. The first-order valence-electron chi connectivity index (χ1n) is 33.0. The van der Waals surface area contributed by atoms with Crippen molar-refractivity contribution in [2.24, 2.45) is 0 Å². The molecular weight excluding hydrogens is 1530 g/mol. The number of benzene rings is 3. The topological polar surface area (TPSA) is 253 Å². The fraction of sp³-hybridized carbons (Fsp3) is 0.364. The SMILES string of the molecule is Cc1nnc(N2CC[C@@H](Nc3nc4c(-c5cc(C(F)(F)F)cc(C(F)(F)F)c5)cccn4n3)[C@@H](F)C2)o1.Cc1nnc(N2CC[C@H](Nc3nc4c(-c5cc(C(F)(F)F)cc(C(F)(F)F)c5)cccn4n3)[C@@H](F)C2)o1.Cc1nnc(N2CC[C@H](Nc3nc4c(-c5cc(C(F)(F)F)cc(C(F)(F)F)c5)cccn4n3)[C@H](F)C2)o1. The maximum absolute atomic E-state index is 14.9. The summed E-state index contributed by atoms with van der Waals surface area (Å²) in [5.74, 6) is 0.969. The molecule has 0 amide bonds. The molecule has 6 atom stereocenters. The predicted molar refractivity (Wildman–Crippen MR) is 350 cm³/mol. The molecule has 3 N–H and O–H groups in total. The lowest BCUT2D eigenvalue weighted by atomic mass is 10.00. The van der Waals surface area contributed by atoms with Gasteiger partial charge in [0.25, 0.3) is 0 Å². The zero-order valence-corrected chi connectivity index (χ0v) is 56.9. The van der Waals surface area contributed by atoms with Gasteiger partial charge in [0.15, 0.2) is 16.9 Å². The van der Waals surface area contributed by atoms with Crippen molar-refractivity contribution < 1.29 is 105 Å². The minimum Gasteiger partial charge on any atom is -0.408 e. The van der Waals surface area contributed by atoms with E-state index >= 15 is 0 Å². The molecule has 0 aliphatic carbocycles. The summed E-state index contributed by atoms with van der Waals surface area (Å²) < 4.78 is 304. The van der Waals surface area contributed by atoms with Crippen LogP contribution in [0.25, 0.3) is 50.3 Å². The molecule has 3 aliphatic heterocycles. The number of alkyl halides is 21. The molecule has 0 unspecified atom stereocenters. The Morgan fingerprint density at radius 2 is 0.577 bits per heavy atom. The van der Waals surface area contributed by atoms with Gasteiger partial charge in [0, 0.05) is 75.7 Å². The molecule has 24 nitrogen and oxygen atoms in total. The molecule has 15 rings (SSSR count). The van der Waals surface area contributed by atoms with Gasteiger partial charge in [-0.15, -0.1) is 30.6 Å². The Labute approximate surface area is 608 Å². The molecule has 111 heavy (non-hydrogen) atoms. The molecule has 45 heteroatoms. The molecule has 0 saturated carbocycles. The summed E-state index contributed by atoms with van der Waals surface area (Å²) in [6.07, 6.45) is -28.9. The standard InChI is InChI=1S/3C22H18F7N7O/c3*1-11-32-33-20(37-11)35-6-4-17(16(23)10-35)30-19-31-18-15(3-2-5-36(18)34-19)12-7-13(21(24,25)26)9-14(8-12)22(27,28)29/h3*2-3,5,7-9,16-17H,4,6,10H2,1H3,(H,30,34)/t2*16-,17+;16-,17-/m100/s1. The van der Waals surface area contributed by atoms with E-state index in [1.54, 1.807) is 35.5 Å². The largest absolute Gasteiger partial charge is 0.416 e. The summed E-state index contributed by atoms with van der Waals surface area (Å²) in [4.78, 5) is 17.5. The summed E-state index contributed by atoms with van der Waals surface area (Å²) in [7, 11) is 0. The molecule has 3 aliphatic rings. The van der Waals surface area contributed by atoms with Crippen LogP contribution in [0.5, 0.6) is 0 Å². The number of rotatable bonds is 12. The van der Waals surface area contributed by atoms with Gasteiger partial charge in [-0.05, 0) is 127 Å². The molecule has 3 aromatic carbocycles. The lowest BCUT2D eigenvalue weighted by Gasteiger charge is -2.33. The van der Waals surface area contributed by atoms with Crippen LogP contribution in [0.1, 0.15) is 70.3 Å². The van der Waals surface area contributed by atoms with E-state index in [0.29, 0.717) is 93.0 Å². The zero-order chi connectivity index (χ0) is 79.6. The number of aromatic nitrogens is 15. The van der Waals surface area contributed by atoms with Crippen LogP contribution in [-0.4, -0.2) is 150 Å². The molecule has 588 valence electrons. The highest BCUT2D eigenvalue weighted by atomic mass is 19.4. The Bertz CT molecular complexity index is 4700. The average Bonchev–Trinajstić information content (AvgIpc) is 1.72. The van der Waals surface area contributed by atoms with Crippen molar-refractivity contribution >= 4 is 52.8 Å². The summed E-state index contributed by atoms with van der Waals surface area (Å²) in [5, 5.41) is 44.0. The molecule has 12 aromatic rings.